The van der Waals surface area contributed by atoms with Crippen LogP contribution in [0.2, 0.25) is 0 Å². The molecule has 0 saturated heterocycles. The van der Waals surface area contributed by atoms with Gasteiger partial charge >= 0.3 is 0 Å². The van der Waals surface area contributed by atoms with E-state index in [0.717, 1.165) is 12.8 Å². The average Bonchev–Trinajstić information content (AvgIpc) is 2.48. The molecule has 0 saturated carbocycles. The molecule has 120 valence electrons. The maximum Gasteiger partial charge on any atom is 0.149 e. The van der Waals surface area contributed by atoms with E-state index in [0.29, 0.717) is 12.2 Å². The average molecular weight is 284 g/mol. The quantitative estimate of drug-likeness (QED) is 0.494. The molecule has 0 fully saturated rings. The van der Waals surface area contributed by atoms with Crippen LogP contribution in [-0.4, -0.2) is 43.4 Å². The number of likely N-dealkylation sites (N-methyl/N-ethyl adjacent to an activating group) is 1. The number of rotatable bonds is 14. The number of ketones is 1. The van der Waals surface area contributed by atoms with Crippen molar-refractivity contribution in [3.63, 3.8) is 0 Å². The SMILES string of the molecule is CCCCN(CCCC)CCCC[C@H](NC)C(=O)CC. The van der Waals surface area contributed by atoms with Crippen LogP contribution in [0.4, 0.5) is 0 Å². The van der Waals surface area contributed by atoms with Gasteiger partial charge in [0.15, 0.2) is 0 Å². The maximum atomic E-state index is 11.7. The molecule has 0 rings (SSSR count). The summed E-state index contributed by atoms with van der Waals surface area (Å²) in [7, 11) is 1.90. The smallest absolute Gasteiger partial charge is 0.149 e. The molecular formula is C17H36N2O. The standard InChI is InChI=1S/C17H36N2O/c1-5-8-13-19(14-9-6-2)15-11-10-12-16(18-4)17(20)7-3/h16,18H,5-15H2,1-4H3/t16-/m0/s1. The number of Topliss-reactive ketones (excluding diaryl/α,β-unsaturated/α-hetero) is 1. The molecule has 3 nitrogen and oxygen atoms in total. The fourth-order valence-electron chi connectivity index (χ4n) is 2.50. The fraction of sp³-hybridized carbons (Fsp3) is 0.941. The van der Waals surface area contributed by atoms with Crippen LogP contribution in [0.3, 0.4) is 0 Å². The highest BCUT2D eigenvalue weighted by atomic mass is 16.1. The molecule has 0 aromatic carbocycles. The van der Waals surface area contributed by atoms with E-state index < -0.39 is 0 Å². The number of carbonyl (C=O) groups excluding carboxylic acids is 1. The van der Waals surface area contributed by atoms with Crippen molar-refractivity contribution >= 4 is 5.78 Å². The zero-order valence-corrected chi connectivity index (χ0v) is 14.2. The molecule has 0 aliphatic heterocycles. The Balaban J connectivity index is 3.87. The van der Waals surface area contributed by atoms with Gasteiger partial charge in [-0.25, -0.2) is 0 Å². The number of unbranched alkanes of at least 4 members (excludes halogenated alkanes) is 3. The molecule has 0 aromatic heterocycles. The summed E-state index contributed by atoms with van der Waals surface area (Å²) in [6, 6.07) is 0.0692. The lowest BCUT2D eigenvalue weighted by molar-refractivity contribution is -0.120. The van der Waals surface area contributed by atoms with Crippen LogP contribution in [0.1, 0.15) is 72.1 Å². The fourth-order valence-corrected chi connectivity index (χ4v) is 2.50. The molecular weight excluding hydrogens is 248 g/mol. The van der Waals surface area contributed by atoms with Gasteiger partial charge in [-0.3, -0.25) is 4.79 Å². The third-order valence-electron chi connectivity index (χ3n) is 3.96. The van der Waals surface area contributed by atoms with Crippen molar-refractivity contribution in [2.24, 2.45) is 0 Å². The van der Waals surface area contributed by atoms with Gasteiger partial charge in [0.1, 0.15) is 5.78 Å². The van der Waals surface area contributed by atoms with E-state index in [1.165, 1.54) is 51.7 Å². The first-order chi connectivity index (χ1) is 9.69. The van der Waals surface area contributed by atoms with Crippen LogP contribution < -0.4 is 5.32 Å². The molecule has 0 aliphatic carbocycles. The highest BCUT2D eigenvalue weighted by molar-refractivity contribution is 5.83. The van der Waals surface area contributed by atoms with Gasteiger partial charge in [-0.05, 0) is 52.4 Å². The molecule has 0 spiro atoms. The molecule has 1 N–H and O–H groups in total. The van der Waals surface area contributed by atoms with Gasteiger partial charge in [0.2, 0.25) is 0 Å². The van der Waals surface area contributed by atoms with Crippen LogP contribution in [0, 0.1) is 0 Å². The van der Waals surface area contributed by atoms with Gasteiger partial charge in [0.25, 0.3) is 0 Å². The summed E-state index contributed by atoms with van der Waals surface area (Å²) in [6.07, 6.45) is 9.14. The summed E-state index contributed by atoms with van der Waals surface area (Å²) in [5.41, 5.74) is 0. The van der Waals surface area contributed by atoms with Crippen LogP contribution in [0.15, 0.2) is 0 Å². The Hall–Kier alpha value is -0.410. The van der Waals surface area contributed by atoms with E-state index in [2.05, 4.69) is 24.1 Å². The van der Waals surface area contributed by atoms with E-state index in [4.69, 9.17) is 0 Å². The first-order valence-electron chi connectivity index (χ1n) is 8.61. The van der Waals surface area contributed by atoms with Crippen molar-refractivity contribution in [2.75, 3.05) is 26.7 Å². The van der Waals surface area contributed by atoms with Gasteiger partial charge in [0, 0.05) is 6.42 Å². The molecule has 0 aliphatic rings. The van der Waals surface area contributed by atoms with E-state index >= 15 is 0 Å². The minimum Gasteiger partial charge on any atom is -0.311 e. The normalized spacial score (nSPS) is 12.8. The van der Waals surface area contributed by atoms with Crippen LogP contribution >= 0.6 is 0 Å². The predicted molar refractivity (Wildman–Crippen MR) is 88.3 cm³/mol. The molecule has 0 bridgehead atoms. The first kappa shape index (κ1) is 19.6. The molecule has 3 heteroatoms. The molecule has 1 atom stereocenters. The Morgan fingerprint density at radius 1 is 0.950 bits per heavy atom. The van der Waals surface area contributed by atoms with Gasteiger partial charge in [0.05, 0.1) is 6.04 Å². The molecule has 0 heterocycles. The Labute approximate surface area is 126 Å². The highest BCUT2D eigenvalue weighted by Crippen LogP contribution is 2.07. The minimum absolute atomic E-state index is 0.0692. The summed E-state index contributed by atoms with van der Waals surface area (Å²) < 4.78 is 0. The Morgan fingerprint density at radius 2 is 1.50 bits per heavy atom. The predicted octanol–water partition coefficient (Wildman–Crippen LogP) is 3.63. The number of hydrogen-bond donors (Lipinski definition) is 1. The zero-order chi connectivity index (χ0) is 15.2. The van der Waals surface area contributed by atoms with Gasteiger partial charge in [-0.15, -0.1) is 0 Å². The van der Waals surface area contributed by atoms with E-state index in [-0.39, 0.29) is 6.04 Å². The Morgan fingerprint density at radius 3 is 1.95 bits per heavy atom. The molecule has 20 heavy (non-hydrogen) atoms. The molecule has 0 aromatic rings. The maximum absolute atomic E-state index is 11.7. The van der Waals surface area contributed by atoms with Crippen molar-refractivity contribution < 1.29 is 4.79 Å². The second-order valence-corrected chi connectivity index (χ2v) is 5.71. The van der Waals surface area contributed by atoms with Crippen molar-refractivity contribution in [1.29, 1.82) is 0 Å². The number of hydrogen-bond acceptors (Lipinski definition) is 3. The van der Waals surface area contributed by atoms with E-state index in [1.54, 1.807) is 0 Å². The number of nitrogens with one attached hydrogen (secondary N) is 1. The van der Waals surface area contributed by atoms with Crippen molar-refractivity contribution in [2.45, 2.75) is 78.2 Å². The minimum atomic E-state index is 0.0692. The van der Waals surface area contributed by atoms with Crippen molar-refractivity contribution in [1.82, 2.24) is 10.2 Å². The lowest BCUT2D eigenvalue weighted by Gasteiger charge is -2.22. The third-order valence-corrected chi connectivity index (χ3v) is 3.96. The highest BCUT2D eigenvalue weighted by Gasteiger charge is 2.13. The van der Waals surface area contributed by atoms with Gasteiger partial charge in [-0.1, -0.05) is 40.0 Å². The van der Waals surface area contributed by atoms with Crippen LogP contribution in [0.25, 0.3) is 0 Å². The molecule has 0 unspecified atom stereocenters. The topological polar surface area (TPSA) is 32.3 Å². The van der Waals surface area contributed by atoms with E-state index in [9.17, 15) is 4.79 Å². The summed E-state index contributed by atoms with van der Waals surface area (Å²) in [6.45, 7) is 10.1. The third kappa shape index (κ3) is 9.49. The van der Waals surface area contributed by atoms with Crippen molar-refractivity contribution in [3.8, 4) is 0 Å². The second kappa shape index (κ2) is 13.6. The first-order valence-corrected chi connectivity index (χ1v) is 8.61. The summed E-state index contributed by atoms with van der Waals surface area (Å²) in [5, 5.41) is 3.15. The zero-order valence-electron chi connectivity index (χ0n) is 14.2. The second-order valence-electron chi connectivity index (χ2n) is 5.71. The van der Waals surface area contributed by atoms with E-state index in [1.807, 2.05) is 14.0 Å². The van der Waals surface area contributed by atoms with Gasteiger partial charge < -0.3 is 10.2 Å². The van der Waals surface area contributed by atoms with Crippen LogP contribution in [0.5, 0.6) is 0 Å². The number of nitrogens with zero attached hydrogens (tertiary/aromatic N) is 1. The summed E-state index contributed by atoms with van der Waals surface area (Å²) in [5.74, 6) is 0.348. The van der Waals surface area contributed by atoms with Gasteiger partial charge in [-0.2, -0.15) is 0 Å². The van der Waals surface area contributed by atoms with Crippen molar-refractivity contribution in [3.05, 3.63) is 0 Å². The summed E-state index contributed by atoms with van der Waals surface area (Å²) in [4.78, 5) is 14.3. The lowest BCUT2D eigenvalue weighted by atomic mass is 10.0. The molecule has 0 radical (unpaired) electrons. The summed E-state index contributed by atoms with van der Waals surface area (Å²) >= 11 is 0. The molecule has 0 amide bonds. The Bertz CT molecular complexity index is 223. The van der Waals surface area contributed by atoms with Crippen LogP contribution in [-0.2, 0) is 4.79 Å². The number of carbonyl (C=O) groups is 1. The lowest BCUT2D eigenvalue weighted by Crippen LogP contribution is -2.34. The largest absolute Gasteiger partial charge is 0.311 e. The Kier molecular flexibility index (Phi) is 13.3. The monoisotopic (exact) mass is 284 g/mol.